The van der Waals surface area contributed by atoms with Gasteiger partial charge in [0.2, 0.25) is 0 Å². The minimum absolute atomic E-state index is 0.00328. The van der Waals surface area contributed by atoms with Crippen LogP contribution in [-0.4, -0.2) is 29.2 Å². The van der Waals surface area contributed by atoms with Crippen molar-refractivity contribution in [3.8, 4) is 6.07 Å². The Morgan fingerprint density at radius 1 is 0.950 bits per heavy atom. The van der Waals surface area contributed by atoms with Crippen LogP contribution in [0.3, 0.4) is 0 Å². The molecule has 0 aromatic carbocycles. The second kappa shape index (κ2) is 8.42. The van der Waals surface area contributed by atoms with Gasteiger partial charge in [0.25, 0.3) is 5.82 Å². The SMILES string of the molecule is N#CC(CCCCCCCC(F)(F)F)C(F)(F)B(O)O. The van der Waals surface area contributed by atoms with E-state index in [2.05, 4.69) is 0 Å². The van der Waals surface area contributed by atoms with Gasteiger partial charge >= 0.3 is 13.3 Å². The van der Waals surface area contributed by atoms with Crippen LogP contribution in [0, 0.1) is 17.2 Å². The normalized spacial score (nSPS) is 13.9. The van der Waals surface area contributed by atoms with Crippen LogP contribution >= 0.6 is 0 Å². The van der Waals surface area contributed by atoms with Crippen molar-refractivity contribution in [2.45, 2.75) is 56.9 Å². The fourth-order valence-corrected chi connectivity index (χ4v) is 1.73. The molecule has 0 saturated heterocycles. The zero-order valence-corrected chi connectivity index (χ0v) is 10.8. The lowest BCUT2D eigenvalue weighted by atomic mass is 9.72. The Labute approximate surface area is 114 Å². The van der Waals surface area contributed by atoms with E-state index in [1.54, 1.807) is 0 Å². The molecule has 0 bridgehead atoms. The highest BCUT2D eigenvalue weighted by atomic mass is 19.4. The molecule has 3 nitrogen and oxygen atoms in total. The number of rotatable bonds is 9. The van der Waals surface area contributed by atoms with Gasteiger partial charge in [-0.1, -0.05) is 25.7 Å². The average molecular weight is 301 g/mol. The van der Waals surface area contributed by atoms with E-state index in [-0.39, 0.29) is 19.3 Å². The zero-order valence-electron chi connectivity index (χ0n) is 10.8. The first-order valence-corrected chi connectivity index (χ1v) is 6.31. The predicted molar refractivity (Wildman–Crippen MR) is 62.6 cm³/mol. The van der Waals surface area contributed by atoms with E-state index in [9.17, 15) is 22.0 Å². The molecule has 2 N–H and O–H groups in total. The van der Waals surface area contributed by atoms with Gasteiger partial charge in [-0.25, -0.2) is 8.78 Å². The molecule has 0 spiro atoms. The molecule has 0 radical (unpaired) electrons. The molecule has 0 fully saturated rings. The molecule has 0 saturated carbocycles. The highest BCUT2D eigenvalue weighted by molar-refractivity contribution is 6.44. The van der Waals surface area contributed by atoms with Crippen LogP contribution in [0.15, 0.2) is 0 Å². The summed E-state index contributed by atoms with van der Waals surface area (Å²) in [4.78, 5) is 0. The Morgan fingerprint density at radius 2 is 1.45 bits per heavy atom. The largest absolute Gasteiger partial charge is 0.529 e. The van der Waals surface area contributed by atoms with Crippen molar-refractivity contribution in [2.24, 2.45) is 5.92 Å². The van der Waals surface area contributed by atoms with Crippen LogP contribution in [0.25, 0.3) is 0 Å². The number of hydrogen-bond donors (Lipinski definition) is 2. The van der Waals surface area contributed by atoms with Gasteiger partial charge in [0.05, 0.1) is 6.07 Å². The summed E-state index contributed by atoms with van der Waals surface area (Å²) in [5.74, 6) is -5.71. The molecule has 9 heteroatoms. The van der Waals surface area contributed by atoms with E-state index in [0.717, 1.165) is 0 Å². The molecule has 20 heavy (non-hydrogen) atoms. The second-order valence-electron chi connectivity index (χ2n) is 4.65. The summed E-state index contributed by atoms with van der Waals surface area (Å²) < 4.78 is 61.7. The van der Waals surface area contributed by atoms with Gasteiger partial charge in [-0.05, 0) is 12.8 Å². The van der Waals surface area contributed by atoms with E-state index in [1.807, 2.05) is 0 Å². The maximum absolute atomic E-state index is 13.1. The molecule has 1 unspecified atom stereocenters. The monoisotopic (exact) mass is 301 g/mol. The molecule has 1 atom stereocenters. The summed E-state index contributed by atoms with van der Waals surface area (Å²) in [7, 11) is -2.89. The first-order chi connectivity index (χ1) is 9.11. The number of nitriles is 1. The summed E-state index contributed by atoms with van der Waals surface area (Å²) >= 11 is 0. The van der Waals surface area contributed by atoms with Crippen LogP contribution in [0.5, 0.6) is 0 Å². The lowest BCUT2D eigenvalue weighted by molar-refractivity contribution is -0.135. The Morgan fingerprint density at radius 3 is 1.90 bits per heavy atom. The molecular weight excluding hydrogens is 284 g/mol. The van der Waals surface area contributed by atoms with E-state index >= 15 is 0 Å². The quantitative estimate of drug-likeness (QED) is 0.391. The Hall–Kier alpha value is -0.875. The molecule has 0 heterocycles. The van der Waals surface area contributed by atoms with Crippen molar-refractivity contribution in [1.29, 1.82) is 5.26 Å². The zero-order chi connectivity index (χ0) is 15.8. The summed E-state index contributed by atoms with van der Waals surface area (Å²) in [5.41, 5.74) is 0. The molecule has 0 aliphatic heterocycles. The number of unbranched alkanes of at least 4 members (excludes halogenated alkanes) is 4. The fraction of sp³-hybridized carbons (Fsp3) is 0.909. The average Bonchev–Trinajstić information content (AvgIpc) is 2.30. The molecule has 0 aromatic rings. The number of halogens is 5. The van der Waals surface area contributed by atoms with Crippen molar-refractivity contribution in [2.75, 3.05) is 0 Å². The minimum atomic E-state index is -4.18. The maximum Gasteiger partial charge on any atom is 0.529 e. The molecule has 0 aliphatic rings. The van der Waals surface area contributed by atoms with Crippen molar-refractivity contribution in [3.63, 3.8) is 0 Å². The summed E-state index contributed by atoms with van der Waals surface area (Å²) in [5, 5.41) is 25.5. The van der Waals surface area contributed by atoms with Gasteiger partial charge in [-0.3, -0.25) is 0 Å². The van der Waals surface area contributed by atoms with Crippen LogP contribution < -0.4 is 0 Å². The topological polar surface area (TPSA) is 64.2 Å². The fourth-order valence-electron chi connectivity index (χ4n) is 1.73. The number of alkyl halides is 5. The van der Waals surface area contributed by atoms with Crippen LogP contribution in [0.4, 0.5) is 22.0 Å². The molecule has 116 valence electrons. The van der Waals surface area contributed by atoms with Crippen LogP contribution in [-0.2, 0) is 0 Å². The molecule has 0 aliphatic carbocycles. The first kappa shape index (κ1) is 19.1. The van der Waals surface area contributed by atoms with Crippen LogP contribution in [0.1, 0.15) is 44.9 Å². The summed E-state index contributed by atoms with van der Waals surface area (Å²) in [6, 6.07) is 1.33. The first-order valence-electron chi connectivity index (χ1n) is 6.31. The minimum Gasteiger partial charge on any atom is -0.423 e. The summed E-state index contributed by atoms with van der Waals surface area (Å²) in [6.07, 6.45) is -3.80. The molecule has 0 aromatic heterocycles. The Kier molecular flexibility index (Phi) is 8.05. The van der Waals surface area contributed by atoms with Gasteiger partial charge in [0.1, 0.15) is 5.92 Å². The highest BCUT2D eigenvalue weighted by Crippen LogP contribution is 2.30. The lowest BCUT2D eigenvalue weighted by Gasteiger charge is -2.20. The van der Waals surface area contributed by atoms with Crippen molar-refractivity contribution in [1.82, 2.24) is 0 Å². The van der Waals surface area contributed by atoms with Crippen LogP contribution in [0.2, 0.25) is 0 Å². The second-order valence-corrected chi connectivity index (χ2v) is 4.65. The number of hydrogen-bond acceptors (Lipinski definition) is 3. The van der Waals surface area contributed by atoms with Crippen molar-refractivity contribution >= 4 is 7.12 Å². The lowest BCUT2D eigenvalue weighted by Crippen LogP contribution is -2.44. The van der Waals surface area contributed by atoms with Crippen molar-refractivity contribution < 1.29 is 32.0 Å². The summed E-state index contributed by atoms with van der Waals surface area (Å²) in [6.45, 7) is 0. The van der Waals surface area contributed by atoms with E-state index in [1.165, 1.54) is 6.07 Å². The van der Waals surface area contributed by atoms with E-state index < -0.39 is 31.5 Å². The van der Waals surface area contributed by atoms with Gasteiger partial charge in [0, 0.05) is 6.42 Å². The molecule has 0 rings (SSSR count). The molecular formula is C11H17BF5NO2. The molecule has 0 amide bonds. The van der Waals surface area contributed by atoms with Gasteiger partial charge in [-0.2, -0.15) is 18.4 Å². The Bertz CT molecular complexity index is 317. The Balaban J connectivity index is 3.81. The standard InChI is InChI=1S/C11H17BF5NO2/c13-10(14,15)7-5-3-1-2-4-6-9(8-18)11(16,17)12(19)20/h9,19-20H,1-7H2. The number of nitrogens with zero attached hydrogens (tertiary/aromatic N) is 1. The third-order valence-electron chi connectivity index (χ3n) is 2.92. The predicted octanol–water partition coefficient (Wildman–Crippen LogP) is 3.07. The van der Waals surface area contributed by atoms with Gasteiger partial charge < -0.3 is 10.0 Å². The van der Waals surface area contributed by atoms with Gasteiger partial charge in [-0.15, -0.1) is 0 Å². The maximum atomic E-state index is 13.1. The van der Waals surface area contributed by atoms with Gasteiger partial charge in [0.15, 0.2) is 0 Å². The van der Waals surface area contributed by atoms with E-state index in [4.69, 9.17) is 15.3 Å². The smallest absolute Gasteiger partial charge is 0.423 e. The van der Waals surface area contributed by atoms with Crippen molar-refractivity contribution in [3.05, 3.63) is 0 Å². The third-order valence-corrected chi connectivity index (χ3v) is 2.92. The third kappa shape index (κ3) is 7.65. The highest BCUT2D eigenvalue weighted by Gasteiger charge is 2.50. The van der Waals surface area contributed by atoms with E-state index in [0.29, 0.717) is 19.3 Å².